The molecule has 82 valence electrons. The van der Waals surface area contributed by atoms with E-state index in [0.29, 0.717) is 4.90 Å². The molecule has 0 unspecified atom stereocenters. The molecule has 1 aliphatic heterocycles. The van der Waals surface area contributed by atoms with Gasteiger partial charge in [0, 0.05) is 12.8 Å². The molecule has 16 heavy (non-hydrogen) atoms. The minimum atomic E-state index is -0.641. The van der Waals surface area contributed by atoms with Crippen LogP contribution in [0.4, 0.5) is 0 Å². The largest absolute Gasteiger partial charge is 0.274 e. The van der Waals surface area contributed by atoms with E-state index >= 15 is 0 Å². The highest BCUT2D eigenvalue weighted by Crippen LogP contribution is 2.21. The summed E-state index contributed by atoms with van der Waals surface area (Å²) in [5, 5.41) is 0.236. The smallest absolute Gasteiger partial charge is 0.268 e. The number of rotatable bonds is 1. The highest BCUT2D eigenvalue weighted by molar-refractivity contribution is 6.35. The van der Waals surface area contributed by atoms with Gasteiger partial charge in [0.15, 0.2) is 0 Å². The molecule has 0 N–H and O–H groups in total. The van der Waals surface area contributed by atoms with Crippen molar-refractivity contribution < 1.29 is 14.4 Å². The second-order valence-electron chi connectivity index (χ2n) is 3.41. The fourth-order valence-electron chi connectivity index (χ4n) is 1.56. The third-order valence-corrected chi connectivity index (χ3v) is 2.69. The molecule has 1 aromatic rings. The summed E-state index contributed by atoms with van der Waals surface area (Å²) in [5.41, 5.74) is 0.174. The molecule has 1 heterocycles. The molecule has 0 aromatic heterocycles. The molecule has 0 bridgehead atoms. The zero-order valence-corrected chi connectivity index (χ0v) is 9.03. The van der Waals surface area contributed by atoms with E-state index in [1.54, 1.807) is 18.2 Å². The first-order valence-electron chi connectivity index (χ1n) is 4.76. The van der Waals surface area contributed by atoms with Crippen LogP contribution in [0.15, 0.2) is 24.3 Å². The lowest BCUT2D eigenvalue weighted by atomic mass is 10.2. The van der Waals surface area contributed by atoms with Gasteiger partial charge in [-0.15, -0.1) is 0 Å². The van der Waals surface area contributed by atoms with Crippen molar-refractivity contribution in [3.05, 3.63) is 34.9 Å². The molecule has 2 rings (SSSR count). The molecular formula is C11H8ClNO3. The molecule has 0 atom stereocenters. The molecule has 0 saturated carbocycles. The summed E-state index contributed by atoms with van der Waals surface area (Å²) in [6.07, 6.45) is 0.185. The van der Waals surface area contributed by atoms with Crippen LogP contribution in [0.25, 0.3) is 0 Å². The number of imide groups is 3. The van der Waals surface area contributed by atoms with Gasteiger partial charge in [0.05, 0.1) is 10.6 Å². The lowest BCUT2D eigenvalue weighted by molar-refractivity contribution is -0.134. The van der Waals surface area contributed by atoms with E-state index in [4.69, 9.17) is 11.6 Å². The van der Waals surface area contributed by atoms with Crippen LogP contribution < -0.4 is 0 Å². The highest BCUT2D eigenvalue weighted by Gasteiger charge is 2.35. The topological polar surface area (TPSA) is 54.5 Å². The number of likely N-dealkylation sites (tertiary alicyclic amines) is 1. The number of hydrogen-bond donors (Lipinski definition) is 0. The SMILES string of the molecule is O=C1CCC(=O)N1C(=O)c1ccccc1Cl. The Morgan fingerprint density at radius 2 is 1.69 bits per heavy atom. The Balaban J connectivity index is 2.36. The number of nitrogens with zero attached hydrogens (tertiary/aromatic N) is 1. The average molecular weight is 238 g/mol. The third kappa shape index (κ3) is 1.72. The van der Waals surface area contributed by atoms with Gasteiger partial charge in [-0.3, -0.25) is 14.4 Å². The van der Waals surface area contributed by atoms with Crippen LogP contribution in [0.2, 0.25) is 5.02 Å². The molecule has 0 aliphatic carbocycles. The van der Waals surface area contributed by atoms with Gasteiger partial charge in [-0.1, -0.05) is 23.7 Å². The van der Waals surface area contributed by atoms with Crippen LogP contribution in [-0.2, 0) is 9.59 Å². The van der Waals surface area contributed by atoms with E-state index in [1.807, 2.05) is 0 Å². The van der Waals surface area contributed by atoms with E-state index in [2.05, 4.69) is 0 Å². The molecule has 1 aromatic carbocycles. The summed E-state index contributed by atoms with van der Waals surface area (Å²) in [6.45, 7) is 0. The normalized spacial score (nSPS) is 15.7. The number of benzene rings is 1. The molecule has 4 nitrogen and oxygen atoms in total. The van der Waals surface area contributed by atoms with Gasteiger partial charge in [-0.2, -0.15) is 0 Å². The van der Waals surface area contributed by atoms with Crippen LogP contribution >= 0.6 is 11.6 Å². The predicted octanol–water partition coefficient (Wildman–Crippen LogP) is 1.63. The first kappa shape index (κ1) is 10.8. The molecular weight excluding hydrogens is 230 g/mol. The number of carbonyl (C=O) groups is 3. The van der Waals surface area contributed by atoms with Crippen molar-refractivity contribution in [1.29, 1.82) is 0 Å². The number of hydrogen-bond acceptors (Lipinski definition) is 3. The summed E-state index contributed by atoms with van der Waals surface area (Å²) in [5.74, 6) is -1.57. The first-order chi connectivity index (χ1) is 7.61. The van der Waals surface area contributed by atoms with E-state index < -0.39 is 17.7 Å². The average Bonchev–Trinajstić information content (AvgIpc) is 2.58. The molecule has 1 saturated heterocycles. The molecule has 0 spiro atoms. The summed E-state index contributed by atoms with van der Waals surface area (Å²) in [7, 11) is 0. The van der Waals surface area contributed by atoms with Crippen molar-refractivity contribution in [2.75, 3.05) is 0 Å². The van der Waals surface area contributed by atoms with Crippen LogP contribution in [-0.4, -0.2) is 22.6 Å². The van der Waals surface area contributed by atoms with Gasteiger partial charge in [0.25, 0.3) is 5.91 Å². The van der Waals surface area contributed by atoms with Crippen LogP contribution in [0.5, 0.6) is 0 Å². The first-order valence-corrected chi connectivity index (χ1v) is 5.13. The van der Waals surface area contributed by atoms with Crippen LogP contribution in [0.1, 0.15) is 23.2 Å². The maximum atomic E-state index is 11.9. The summed E-state index contributed by atoms with van der Waals surface area (Å²) >= 11 is 5.82. The zero-order chi connectivity index (χ0) is 11.7. The maximum absolute atomic E-state index is 11.9. The summed E-state index contributed by atoms with van der Waals surface area (Å²) < 4.78 is 0. The van der Waals surface area contributed by atoms with E-state index in [1.165, 1.54) is 6.07 Å². The van der Waals surface area contributed by atoms with Crippen molar-refractivity contribution in [1.82, 2.24) is 4.90 Å². The minimum Gasteiger partial charge on any atom is -0.274 e. The van der Waals surface area contributed by atoms with Gasteiger partial charge in [0.1, 0.15) is 0 Å². The van der Waals surface area contributed by atoms with Crippen molar-refractivity contribution >= 4 is 29.3 Å². The molecule has 1 fully saturated rings. The van der Waals surface area contributed by atoms with Gasteiger partial charge in [0.2, 0.25) is 11.8 Å². The maximum Gasteiger partial charge on any atom is 0.268 e. The predicted molar refractivity (Wildman–Crippen MR) is 56.9 cm³/mol. The van der Waals surface area contributed by atoms with Crippen LogP contribution in [0, 0.1) is 0 Å². The number of amides is 3. The Bertz CT molecular complexity index is 468. The van der Waals surface area contributed by atoms with E-state index in [9.17, 15) is 14.4 Å². The molecule has 1 aliphatic rings. The van der Waals surface area contributed by atoms with E-state index in [-0.39, 0.29) is 23.4 Å². The zero-order valence-electron chi connectivity index (χ0n) is 8.27. The Labute approximate surface area is 96.8 Å². The Hall–Kier alpha value is -1.68. The Kier molecular flexibility index (Phi) is 2.75. The minimum absolute atomic E-state index is 0.0923. The van der Waals surface area contributed by atoms with Crippen LogP contribution in [0.3, 0.4) is 0 Å². The molecule has 0 radical (unpaired) electrons. The lowest BCUT2D eigenvalue weighted by Gasteiger charge is -2.12. The summed E-state index contributed by atoms with van der Waals surface area (Å²) in [6, 6.07) is 6.33. The highest BCUT2D eigenvalue weighted by atomic mass is 35.5. The lowest BCUT2D eigenvalue weighted by Crippen LogP contribution is -2.35. The van der Waals surface area contributed by atoms with Gasteiger partial charge in [-0.25, -0.2) is 4.90 Å². The summed E-state index contributed by atoms with van der Waals surface area (Å²) in [4.78, 5) is 35.3. The second-order valence-corrected chi connectivity index (χ2v) is 3.82. The van der Waals surface area contributed by atoms with Crippen molar-refractivity contribution in [2.24, 2.45) is 0 Å². The number of halogens is 1. The number of carbonyl (C=O) groups excluding carboxylic acids is 3. The van der Waals surface area contributed by atoms with E-state index in [0.717, 1.165) is 0 Å². The standard InChI is InChI=1S/C11H8ClNO3/c12-8-4-2-1-3-7(8)11(16)13-9(14)5-6-10(13)15/h1-4H,5-6H2. The Morgan fingerprint density at radius 3 is 2.25 bits per heavy atom. The molecule has 5 heteroatoms. The van der Waals surface area contributed by atoms with Gasteiger partial charge < -0.3 is 0 Å². The Morgan fingerprint density at radius 1 is 1.12 bits per heavy atom. The quantitative estimate of drug-likeness (QED) is 0.698. The van der Waals surface area contributed by atoms with Crippen molar-refractivity contribution in [3.8, 4) is 0 Å². The molecule has 3 amide bonds. The fourth-order valence-corrected chi connectivity index (χ4v) is 1.77. The monoisotopic (exact) mass is 237 g/mol. The fraction of sp³-hybridized carbons (Fsp3) is 0.182. The van der Waals surface area contributed by atoms with Crippen molar-refractivity contribution in [2.45, 2.75) is 12.8 Å². The van der Waals surface area contributed by atoms with Gasteiger partial charge >= 0.3 is 0 Å². The third-order valence-electron chi connectivity index (χ3n) is 2.36. The second kappa shape index (κ2) is 4.06. The van der Waals surface area contributed by atoms with Gasteiger partial charge in [-0.05, 0) is 12.1 Å². The van der Waals surface area contributed by atoms with Crippen molar-refractivity contribution in [3.63, 3.8) is 0 Å².